The first kappa shape index (κ1) is 26.3. The number of nitrogens with zero attached hydrogens (tertiary/aromatic N) is 3. The largest absolute Gasteiger partial charge is 0.497 e. The summed E-state index contributed by atoms with van der Waals surface area (Å²) in [6.07, 6.45) is 5.84. The number of piperazine rings is 1. The van der Waals surface area contributed by atoms with E-state index in [-0.39, 0.29) is 36.7 Å². The van der Waals surface area contributed by atoms with Gasteiger partial charge in [-0.25, -0.2) is 0 Å². The van der Waals surface area contributed by atoms with Crippen molar-refractivity contribution in [3.63, 3.8) is 0 Å². The van der Waals surface area contributed by atoms with Crippen molar-refractivity contribution < 1.29 is 28.7 Å². The fourth-order valence-corrected chi connectivity index (χ4v) is 6.17. The molecule has 0 unspecified atom stereocenters. The van der Waals surface area contributed by atoms with Crippen LogP contribution in [0, 0.1) is 17.3 Å². The zero-order chi connectivity index (χ0) is 26.9. The molecule has 5 rings (SSSR count). The third kappa shape index (κ3) is 4.78. The molecule has 3 fully saturated rings. The van der Waals surface area contributed by atoms with Gasteiger partial charge in [0.2, 0.25) is 17.7 Å². The fourth-order valence-electron chi connectivity index (χ4n) is 6.17. The van der Waals surface area contributed by atoms with Crippen LogP contribution in [0.2, 0.25) is 0 Å². The fraction of sp³-hybridized carbons (Fsp3) is 0.586. The van der Waals surface area contributed by atoms with Crippen LogP contribution in [0.1, 0.15) is 51.0 Å². The lowest BCUT2D eigenvalue weighted by atomic mass is 9.68. The summed E-state index contributed by atoms with van der Waals surface area (Å²) in [7, 11) is 1.60. The summed E-state index contributed by atoms with van der Waals surface area (Å²) in [6.45, 7) is 4.19. The summed E-state index contributed by atoms with van der Waals surface area (Å²) < 4.78 is 10.8. The second kappa shape index (κ2) is 10.8. The minimum Gasteiger partial charge on any atom is -0.497 e. The Bertz CT molecular complexity index is 1120. The summed E-state index contributed by atoms with van der Waals surface area (Å²) in [4.78, 5) is 58.8. The molecule has 2 aliphatic carbocycles. The van der Waals surface area contributed by atoms with Crippen molar-refractivity contribution in [3.8, 4) is 5.75 Å². The average Bonchev–Trinajstić information content (AvgIpc) is 3.77. The predicted molar refractivity (Wildman–Crippen MR) is 139 cm³/mol. The summed E-state index contributed by atoms with van der Waals surface area (Å²) in [6, 6.07) is 7.50. The van der Waals surface area contributed by atoms with Crippen molar-refractivity contribution in [1.82, 2.24) is 14.7 Å². The van der Waals surface area contributed by atoms with Crippen LogP contribution < -0.4 is 4.74 Å². The Labute approximate surface area is 223 Å². The van der Waals surface area contributed by atoms with Crippen LogP contribution in [-0.4, -0.2) is 78.3 Å². The molecular formula is C29H37N3O6. The van der Waals surface area contributed by atoms with Crippen LogP contribution in [0.5, 0.6) is 5.75 Å². The van der Waals surface area contributed by atoms with Gasteiger partial charge in [-0.05, 0) is 56.7 Å². The summed E-state index contributed by atoms with van der Waals surface area (Å²) in [5.41, 5.74) is 0.421. The number of carbonyl (C=O) groups excluding carboxylic acids is 4. The maximum absolute atomic E-state index is 14.0. The number of carbonyl (C=O) groups is 4. The van der Waals surface area contributed by atoms with Crippen molar-refractivity contribution in [2.45, 2.75) is 52.0 Å². The first-order chi connectivity index (χ1) is 18.4. The van der Waals surface area contributed by atoms with E-state index in [9.17, 15) is 19.2 Å². The highest BCUT2D eigenvalue weighted by atomic mass is 16.5. The number of hydrogen-bond donors (Lipinski definition) is 0. The number of fused-ring (bicyclic) bond motifs is 1. The average molecular weight is 524 g/mol. The molecule has 2 atom stereocenters. The Morgan fingerprint density at radius 1 is 1.03 bits per heavy atom. The van der Waals surface area contributed by atoms with E-state index in [1.54, 1.807) is 23.8 Å². The number of likely N-dealkylation sites (tertiary alicyclic amines) is 1. The Kier molecular flexibility index (Phi) is 7.45. The van der Waals surface area contributed by atoms with Crippen molar-refractivity contribution in [2.75, 3.05) is 39.9 Å². The molecule has 4 aliphatic rings. The molecule has 9 nitrogen and oxygen atoms in total. The maximum Gasteiger partial charge on any atom is 0.318 e. The van der Waals surface area contributed by atoms with E-state index in [4.69, 9.17) is 9.47 Å². The van der Waals surface area contributed by atoms with Gasteiger partial charge in [0.1, 0.15) is 11.2 Å². The number of methoxy groups -OCH3 is 1. The van der Waals surface area contributed by atoms with E-state index in [0.717, 1.165) is 37.0 Å². The summed E-state index contributed by atoms with van der Waals surface area (Å²) >= 11 is 0. The van der Waals surface area contributed by atoms with Crippen LogP contribution >= 0.6 is 0 Å². The quantitative estimate of drug-likeness (QED) is 0.486. The van der Waals surface area contributed by atoms with Crippen LogP contribution in [0.3, 0.4) is 0 Å². The molecule has 2 heterocycles. The van der Waals surface area contributed by atoms with Crippen LogP contribution in [-0.2, 0) is 30.5 Å². The van der Waals surface area contributed by atoms with E-state index in [0.29, 0.717) is 44.8 Å². The molecule has 9 heteroatoms. The SMILES string of the molecule is CCOC(=O)[C@]12CCCC=C1N(Cc1ccc(OC)cc1)C(=O)[C@@H]2CC(=O)N1CCN(C(=O)C2CC2)CC1. The van der Waals surface area contributed by atoms with E-state index in [1.165, 1.54) is 0 Å². The predicted octanol–water partition coefficient (Wildman–Crippen LogP) is 2.74. The molecule has 38 heavy (non-hydrogen) atoms. The van der Waals surface area contributed by atoms with Gasteiger partial charge in [0, 0.05) is 44.2 Å². The monoisotopic (exact) mass is 523 g/mol. The van der Waals surface area contributed by atoms with Gasteiger partial charge in [-0.3, -0.25) is 19.2 Å². The molecule has 2 aliphatic heterocycles. The molecule has 1 aromatic carbocycles. The minimum atomic E-state index is -1.16. The Morgan fingerprint density at radius 3 is 2.34 bits per heavy atom. The van der Waals surface area contributed by atoms with Gasteiger partial charge in [-0.15, -0.1) is 0 Å². The van der Waals surface area contributed by atoms with Gasteiger partial charge in [-0.1, -0.05) is 18.2 Å². The standard InChI is InChI=1S/C29H37N3O6/c1-3-38-28(36)29-13-5-4-6-24(29)32(19-20-7-11-22(37-2)12-8-20)27(35)23(29)18-25(33)30-14-16-31(17-15-30)26(34)21-9-10-21/h6-8,11-12,21,23H,3-5,9-10,13-19H2,1-2H3/t23-,29-/m0/s1. The summed E-state index contributed by atoms with van der Waals surface area (Å²) in [5.74, 6) is -0.526. The molecule has 1 aromatic rings. The maximum atomic E-state index is 14.0. The molecule has 0 radical (unpaired) electrons. The van der Waals surface area contributed by atoms with Crippen molar-refractivity contribution in [3.05, 3.63) is 41.6 Å². The third-order valence-electron chi connectivity index (χ3n) is 8.41. The van der Waals surface area contributed by atoms with Gasteiger partial charge < -0.3 is 24.2 Å². The lowest BCUT2D eigenvalue weighted by molar-refractivity contribution is -0.159. The first-order valence-electron chi connectivity index (χ1n) is 13.8. The number of rotatable bonds is 8. The van der Waals surface area contributed by atoms with E-state index in [2.05, 4.69) is 0 Å². The zero-order valence-electron chi connectivity index (χ0n) is 22.3. The Morgan fingerprint density at radius 2 is 1.71 bits per heavy atom. The van der Waals surface area contributed by atoms with Crippen LogP contribution in [0.15, 0.2) is 36.0 Å². The number of allylic oxidation sites excluding steroid dienone is 1. The molecule has 204 valence electrons. The molecule has 0 aromatic heterocycles. The zero-order valence-corrected chi connectivity index (χ0v) is 22.3. The second-order valence-electron chi connectivity index (χ2n) is 10.7. The number of hydrogen-bond acceptors (Lipinski definition) is 6. The molecule has 0 bridgehead atoms. The highest BCUT2D eigenvalue weighted by Crippen LogP contribution is 2.54. The molecule has 1 saturated carbocycles. The third-order valence-corrected chi connectivity index (χ3v) is 8.41. The van der Waals surface area contributed by atoms with Gasteiger partial charge in [0.15, 0.2) is 0 Å². The number of ether oxygens (including phenoxy) is 2. The topological polar surface area (TPSA) is 96.5 Å². The van der Waals surface area contributed by atoms with Gasteiger partial charge in [-0.2, -0.15) is 0 Å². The Balaban J connectivity index is 1.37. The lowest BCUT2D eigenvalue weighted by Crippen LogP contribution is -2.52. The highest BCUT2D eigenvalue weighted by Gasteiger charge is 2.62. The van der Waals surface area contributed by atoms with Crippen molar-refractivity contribution >= 4 is 23.7 Å². The van der Waals surface area contributed by atoms with E-state index < -0.39 is 17.3 Å². The van der Waals surface area contributed by atoms with E-state index >= 15 is 0 Å². The lowest BCUT2D eigenvalue weighted by Gasteiger charge is -2.37. The highest BCUT2D eigenvalue weighted by molar-refractivity contribution is 5.99. The molecule has 0 N–H and O–H groups in total. The van der Waals surface area contributed by atoms with E-state index in [1.807, 2.05) is 35.2 Å². The number of benzene rings is 1. The van der Waals surface area contributed by atoms with Crippen molar-refractivity contribution in [2.24, 2.45) is 17.3 Å². The van der Waals surface area contributed by atoms with Gasteiger partial charge >= 0.3 is 5.97 Å². The summed E-state index contributed by atoms with van der Waals surface area (Å²) in [5, 5.41) is 0. The number of esters is 1. The van der Waals surface area contributed by atoms with Crippen LogP contribution in [0.4, 0.5) is 0 Å². The van der Waals surface area contributed by atoms with Crippen LogP contribution in [0.25, 0.3) is 0 Å². The number of amides is 3. The Hall–Kier alpha value is -3.36. The molecule has 2 saturated heterocycles. The smallest absolute Gasteiger partial charge is 0.318 e. The molecule has 0 spiro atoms. The second-order valence-corrected chi connectivity index (χ2v) is 10.7. The van der Waals surface area contributed by atoms with Gasteiger partial charge in [0.25, 0.3) is 0 Å². The normalized spacial score (nSPS) is 25.1. The van der Waals surface area contributed by atoms with Gasteiger partial charge in [0.05, 0.1) is 26.2 Å². The van der Waals surface area contributed by atoms with Crippen molar-refractivity contribution in [1.29, 1.82) is 0 Å². The minimum absolute atomic E-state index is 0.0509. The molecular weight excluding hydrogens is 486 g/mol. The first-order valence-corrected chi connectivity index (χ1v) is 13.8. The molecule has 3 amide bonds.